The third-order valence-corrected chi connectivity index (χ3v) is 4.05. The number of hydrogen-bond acceptors (Lipinski definition) is 1. The lowest BCUT2D eigenvalue weighted by molar-refractivity contribution is 0.358. The molecule has 1 atom stereocenters. The van der Waals surface area contributed by atoms with Gasteiger partial charge in [-0.15, -0.1) is 0 Å². The number of hydrogen-bond donors (Lipinski definition) is 1. The van der Waals surface area contributed by atoms with Gasteiger partial charge >= 0.3 is 0 Å². The van der Waals surface area contributed by atoms with E-state index >= 15 is 0 Å². The Morgan fingerprint density at radius 3 is 1.94 bits per heavy atom. The van der Waals surface area contributed by atoms with Crippen LogP contribution in [0.15, 0.2) is 12.1 Å². The summed E-state index contributed by atoms with van der Waals surface area (Å²) in [6, 6.07) is 5.17. The third kappa shape index (κ3) is 3.10. The highest BCUT2D eigenvalue weighted by Gasteiger charge is 2.20. The highest BCUT2D eigenvalue weighted by molar-refractivity contribution is 5.38. The molecule has 1 N–H and O–H groups in total. The molecule has 0 aromatic heterocycles. The van der Waals surface area contributed by atoms with E-state index in [9.17, 15) is 0 Å². The van der Waals surface area contributed by atoms with Crippen LogP contribution < -0.4 is 5.32 Å². The summed E-state index contributed by atoms with van der Waals surface area (Å²) in [4.78, 5) is 0. The van der Waals surface area contributed by atoms with Crippen molar-refractivity contribution in [3.8, 4) is 0 Å². The normalized spacial score (nSPS) is 13.1. The van der Waals surface area contributed by atoms with Crippen molar-refractivity contribution in [1.29, 1.82) is 0 Å². The molecule has 0 heterocycles. The van der Waals surface area contributed by atoms with Crippen LogP contribution in [0.4, 0.5) is 0 Å². The minimum Gasteiger partial charge on any atom is -0.313 e. The van der Waals surface area contributed by atoms with Crippen LogP contribution in [-0.2, 0) is 0 Å². The molecule has 0 fully saturated rings. The number of aryl methyl sites for hydroxylation is 3. The molecule has 96 valence electrons. The van der Waals surface area contributed by atoms with E-state index in [1.807, 2.05) is 0 Å². The van der Waals surface area contributed by atoms with Crippen LogP contribution >= 0.6 is 0 Å². The Morgan fingerprint density at radius 2 is 1.47 bits per heavy atom. The fourth-order valence-electron chi connectivity index (χ4n) is 2.72. The molecule has 0 bridgehead atoms. The maximum atomic E-state index is 3.51. The monoisotopic (exact) mass is 233 g/mol. The van der Waals surface area contributed by atoms with Crippen LogP contribution in [0.1, 0.15) is 55.0 Å². The largest absolute Gasteiger partial charge is 0.313 e. The molecule has 1 nitrogen and oxygen atoms in total. The first-order chi connectivity index (χ1) is 8.04. The van der Waals surface area contributed by atoms with Crippen molar-refractivity contribution in [3.05, 3.63) is 34.4 Å². The van der Waals surface area contributed by atoms with Gasteiger partial charge in [-0.05, 0) is 56.0 Å². The number of benzene rings is 1. The zero-order chi connectivity index (χ0) is 13.0. The van der Waals surface area contributed by atoms with Gasteiger partial charge in [0, 0.05) is 6.04 Å². The Bertz CT molecular complexity index is 364. The molecule has 0 aliphatic heterocycles. The number of nitrogens with one attached hydrogen (secondary N) is 1. The van der Waals surface area contributed by atoms with Gasteiger partial charge in [0.05, 0.1) is 0 Å². The average molecular weight is 233 g/mol. The first-order valence-corrected chi connectivity index (χ1v) is 6.80. The maximum Gasteiger partial charge on any atom is 0.0348 e. The summed E-state index contributed by atoms with van der Waals surface area (Å²) >= 11 is 0. The summed E-state index contributed by atoms with van der Waals surface area (Å²) in [5, 5.41) is 3.51. The molecule has 0 saturated carbocycles. The van der Waals surface area contributed by atoms with Crippen LogP contribution in [0.2, 0.25) is 0 Å². The Morgan fingerprint density at radius 1 is 0.941 bits per heavy atom. The lowest BCUT2D eigenvalue weighted by Crippen LogP contribution is -2.25. The second kappa shape index (κ2) is 6.20. The maximum absolute atomic E-state index is 3.51. The highest BCUT2D eigenvalue weighted by Crippen LogP contribution is 2.30. The smallest absolute Gasteiger partial charge is 0.0348 e. The van der Waals surface area contributed by atoms with E-state index in [4.69, 9.17) is 0 Å². The van der Waals surface area contributed by atoms with E-state index in [1.165, 1.54) is 35.1 Å². The Kier molecular flexibility index (Phi) is 5.20. The van der Waals surface area contributed by atoms with Crippen molar-refractivity contribution in [1.82, 2.24) is 5.32 Å². The van der Waals surface area contributed by atoms with Gasteiger partial charge in [-0.1, -0.05) is 38.8 Å². The van der Waals surface area contributed by atoms with Crippen molar-refractivity contribution >= 4 is 0 Å². The first-order valence-electron chi connectivity index (χ1n) is 6.80. The molecule has 0 radical (unpaired) electrons. The van der Waals surface area contributed by atoms with Gasteiger partial charge in [0.2, 0.25) is 0 Å². The molecule has 1 aromatic rings. The van der Waals surface area contributed by atoms with Crippen molar-refractivity contribution < 1.29 is 0 Å². The predicted octanol–water partition coefficient (Wildman–Crippen LogP) is 4.31. The van der Waals surface area contributed by atoms with E-state index in [0.717, 1.165) is 5.92 Å². The molecule has 0 aliphatic carbocycles. The van der Waals surface area contributed by atoms with Crippen molar-refractivity contribution in [2.24, 2.45) is 5.92 Å². The molecular formula is C16H27N. The minimum absolute atomic E-state index is 0.490. The van der Waals surface area contributed by atoms with E-state index in [2.05, 4.69) is 59.1 Å². The summed E-state index contributed by atoms with van der Waals surface area (Å²) in [7, 11) is 2.08. The van der Waals surface area contributed by atoms with E-state index in [1.54, 1.807) is 0 Å². The van der Waals surface area contributed by atoms with Crippen LogP contribution in [0.3, 0.4) is 0 Å². The van der Waals surface area contributed by atoms with Gasteiger partial charge in [-0.25, -0.2) is 0 Å². The van der Waals surface area contributed by atoms with Gasteiger partial charge in [0.25, 0.3) is 0 Å². The van der Waals surface area contributed by atoms with E-state index in [-0.39, 0.29) is 0 Å². The molecule has 0 spiro atoms. The quantitative estimate of drug-likeness (QED) is 0.799. The van der Waals surface area contributed by atoms with Crippen LogP contribution in [0.25, 0.3) is 0 Å². The second-order valence-corrected chi connectivity index (χ2v) is 5.14. The molecule has 1 aromatic carbocycles. The minimum atomic E-state index is 0.490. The Hall–Kier alpha value is -0.820. The number of rotatable bonds is 5. The summed E-state index contributed by atoms with van der Waals surface area (Å²) in [6.07, 6.45) is 2.46. The lowest BCUT2D eigenvalue weighted by atomic mass is 9.85. The summed E-state index contributed by atoms with van der Waals surface area (Å²) in [5.41, 5.74) is 5.69. The molecule has 0 saturated heterocycles. The van der Waals surface area contributed by atoms with Crippen LogP contribution in [-0.4, -0.2) is 7.05 Å². The summed E-state index contributed by atoms with van der Waals surface area (Å²) < 4.78 is 0. The molecule has 17 heavy (non-hydrogen) atoms. The van der Waals surface area contributed by atoms with E-state index < -0.39 is 0 Å². The molecule has 0 amide bonds. The van der Waals surface area contributed by atoms with Crippen molar-refractivity contribution in [2.75, 3.05) is 7.05 Å². The standard InChI is InChI=1S/C16H27N/c1-7-14(8-2)16(17-6)15-10-12(4)11(3)9-13(15)5/h9-10,14,16-17H,7-8H2,1-6H3. The zero-order valence-electron chi connectivity index (χ0n) is 12.2. The van der Waals surface area contributed by atoms with Gasteiger partial charge in [0.15, 0.2) is 0 Å². The highest BCUT2D eigenvalue weighted by atomic mass is 14.9. The molecule has 0 aliphatic rings. The van der Waals surface area contributed by atoms with Crippen LogP contribution in [0, 0.1) is 26.7 Å². The van der Waals surface area contributed by atoms with Gasteiger partial charge in [-0.2, -0.15) is 0 Å². The van der Waals surface area contributed by atoms with Gasteiger partial charge < -0.3 is 5.32 Å². The van der Waals surface area contributed by atoms with E-state index in [0.29, 0.717) is 6.04 Å². The van der Waals surface area contributed by atoms with Gasteiger partial charge in [-0.3, -0.25) is 0 Å². The summed E-state index contributed by atoms with van der Waals surface area (Å²) in [5.74, 6) is 0.723. The molecule has 1 unspecified atom stereocenters. The zero-order valence-corrected chi connectivity index (χ0v) is 12.2. The predicted molar refractivity (Wildman–Crippen MR) is 76.5 cm³/mol. The first kappa shape index (κ1) is 14.2. The van der Waals surface area contributed by atoms with Crippen LogP contribution in [0.5, 0.6) is 0 Å². The topological polar surface area (TPSA) is 12.0 Å². The lowest BCUT2D eigenvalue weighted by Gasteiger charge is -2.27. The summed E-state index contributed by atoms with van der Waals surface area (Å²) in [6.45, 7) is 11.2. The molecule has 1 heteroatoms. The molecule has 1 rings (SSSR count). The average Bonchev–Trinajstić information content (AvgIpc) is 2.31. The van der Waals surface area contributed by atoms with Crippen molar-refractivity contribution in [2.45, 2.75) is 53.5 Å². The second-order valence-electron chi connectivity index (χ2n) is 5.14. The Balaban J connectivity index is 3.15. The van der Waals surface area contributed by atoms with Crippen molar-refractivity contribution in [3.63, 3.8) is 0 Å². The fourth-order valence-corrected chi connectivity index (χ4v) is 2.72. The SMILES string of the molecule is CCC(CC)C(NC)c1cc(C)c(C)cc1C. The molecular weight excluding hydrogens is 206 g/mol. The third-order valence-electron chi connectivity index (χ3n) is 4.05. The van der Waals surface area contributed by atoms with Gasteiger partial charge in [0.1, 0.15) is 0 Å². The fraction of sp³-hybridized carbons (Fsp3) is 0.625. The Labute approximate surface area is 107 Å².